The maximum Gasteiger partial charge on any atom is 0.306 e. The van der Waals surface area contributed by atoms with Gasteiger partial charge in [0, 0.05) is 96.4 Å². The number of hydrogen-bond donors (Lipinski definition) is 2. The van der Waals surface area contributed by atoms with E-state index in [9.17, 15) is 46.8 Å². The topological polar surface area (TPSA) is 324 Å². The monoisotopic (exact) mass is 1520 g/mol. The standard InChI is InChI=1S/C81H133N7O18S/c1-26-62-67(91)39-54(16)65(89)44-61(81(19,20)45-84(21)78(99)60(50(10)11)43-70(94)104-25)66(90)42-59(49(8)9)79(100)86(23)63(37-47(4)5)68(92)40-55(17)74(95)82-56(18)76(97)85(22)64(38-48(6)7)69(93)41-57(36-46(2)3)77(98)87(24)71(51(12)13)80(101)88-72(75(96)83-62)73(106-88)53(15)30-28-27-29-35-105-107(102,103)58-33-31-52(14)32-34-58/h31-34,46-51,53-57,59-64,71-73H,26-30,35-45H2,1-25H3,(H,82,95)(H,83,96)/t53-,54+,55-,56-,57-,59+,60+,61-,62+,63+,64+,71+,72+,73?/m1/s1. The Morgan fingerprint density at radius 2 is 1.17 bits per heavy atom. The van der Waals surface area contributed by atoms with Crippen LogP contribution in [-0.4, -0.2) is 200 Å². The van der Waals surface area contributed by atoms with Gasteiger partial charge < -0.3 is 35.0 Å². The van der Waals surface area contributed by atoms with E-state index in [1.807, 2.05) is 55.4 Å². The van der Waals surface area contributed by atoms with Crippen LogP contribution in [-0.2, 0) is 86.2 Å². The number of ketones is 5. The molecule has 14 atom stereocenters. The van der Waals surface area contributed by atoms with E-state index in [1.54, 1.807) is 88.4 Å². The van der Waals surface area contributed by atoms with E-state index in [-0.39, 0.29) is 86.7 Å². The molecule has 1 aromatic carbocycles. The fourth-order valence-corrected chi connectivity index (χ4v) is 15.8. The molecule has 3 rings (SSSR count). The van der Waals surface area contributed by atoms with Crippen LogP contribution in [0.5, 0.6) is 0 Å². The number of likely N-dealkylation sites (N-methyl/N-ethyl adjacent to an activating group) is 3. The largest absolute Gasteiger partial charge is 0.469 e. The molecule has 2 heterocycles. The molecule has 0 spiro atoms. The lowest BCUT2D eigenvalue weighted by Gasteiger charge is -2.50. The summed E-state index contributed by atoms with van der Waals surface area (Å²) in [5.74, 6) is -15.7. The molecule has 0 bridgehead atoms. The van der Waals surface area contributed by atoms with Gasteiger partial charge >= 0.3 is 5.97 Å². The number of methoxy groups -OCH3 is 1. The lowest BCUT2D eigenvalue weighted by Crippen LogP contribution is -2.71. The van der Waals surface area contributed by atoms with Gasteiger partial charge in [-0.15, -0.1) is 0 Å². The van der Waals surface area contributed by atoms with Crippen LogP contribution in [0.2, 0.25) is 0 Å². The Balaban J connectivity index is 2.29. The van der Waals surface area contributed by atoms with Gasteiger partial charge in [-0.25, -0.2) is 5.06 Å². The first kappa shape index (κ1) is 94.4. The van der Waals surface area contributed by atoms with Crippen molar-refractivity contribution in [1.82, 2.24) is 35.3 Å². The van der Waals surface area contributed by atoms with E-state index in [2.05, 4.69) is 10.6 Å². The predicted molar refractivity (Wildman–Crippen MR) is 408 cm³/mol. The minimum absolute atomic E-state index is 0.0342. The maximum absolute atomic E-state index is 15.5. The molecule has 2 N–H and O–H groups in total. The molecule has 2 aliphatic heterocycles. The minimum Gasteiger partial charge on any atom is -0.469 e. The molecule has 0 aliphatic carbocycles. The fraction of sp³-hybridized carbons (Fsp3) is 0.765. The summed E-state index contributed by atoms with van der Waals surface area (Å²) in [5.41, 5.74) is -0.329. The first-order valence-electron chi connectivity index (χ1n) is 38.9. The first-order valence-corrected chi connectivity index (χ1v) is 40.3. The third-order valence-corrected chi connectivity index (χ3v) is 22.9. The molecule has 2 saturated heterocycles. The summed E-state index contributed by atoms with van der Waals surface area (Å²) in [6.45, 7) is 35.1. The number of unbranched alkanes of at least 4 members (excludes halogenated alkanes) is 2. The Morgan fingerprint density at radius 1 is 0.626 bits per heavy atom. The van der Waals surface area contributed by atoms with Gasteiger partial charge in [0.15, 0.2) is 23.4 Å². The van der Waals surface area contributed by atoms with Crippen molar-refractivity contribution in [1.29, 1.82) is 0 Å². The number of hydroxylamine groups is 2. The average molecular weight is 1530 g/mol. The third-order valence-electron chi connectivity index (χ3n) is 21.6. The Morgan fingerprint density at radius 3 is 1.68 bits per heavy atom. The molecule has 2 fully saturated rings. The zero-order valence-electron chi connectivity index (χ0n) is 69.2. The van der Waals surface area contributed by atoms with E-state index in [4.69, 9.17) is 13.8 Å². The Labute approximate surface area is 639 Å². The molecular formula is C81H133N7O18S. The van der Waals surface area contributed by atoms with Crippen LogP contribution in [0.25, 0.3) is 0 Å². The molecule has 107 heavy (non-hydrogen) atoms. The molecule has 1 unspecified atom stereocenters. The van der Waals surface area contributed by atoms with Crippen LogP contribution in [0.1, 0.15) is 227 Å². The predicted octanol–water partition coefficient (Wildman–Crippen LogP) is 9.99. The van der Waals surface area contributed by atoms with Crippen molar-refractivity contribution >= 4 is 86.4 Å². The number of amides is 7. The van der Waals surface area contributed by atoms with Gasteiger partial charge in [-0.2, -0.15) is 8.42 Å². The molecule has 25 nitrogen and oxygen atoms in total. The Hall–Kier alpha value is -6.80. The highest BCUT2D eigenvalue weighted by atomic mass is 32.2. The number of aryl methyl sites for hydroxylation is 1. The minimum atomic E-state index is -4.01. The molecule has 26 heteroatoms. The number of rotatable bonds is 25. The maximum atomic E-state index is 15.5. The average Bonchev–Trinajstić information content (AvgIpc) is 0.753. The highest BCUT2D eigenvalue weighted by molar-refractivity contribution is 7.86. The van der Waals surface area contributed by atoms with E-state index in [0.717, 1.165) is 10.6 Å². The number of fused-ring (bicyclic) bond motifs is 1. The van der Waals surface area contributed by atoms with Crippen molar-refractivity contribution in [2.45, 2.75) is 276 Å². The summed E-state index contributed by atoms with van der Waals surface area (Å²) in [4.78, 5) is 203. The summed E-state index contributed by atoms with van der Waals surface area (Å²) in [6, 6.07) is -0.870. The van der Waals surface area contributed by atoms with E-state index >= 15 is 24.0 Å². The number of nitrogens with zero attached hydrogens (tertiary/aromatic N) is 5. The number of esters is 1. The number of carbonyl (C=O) groups excluding carboxylic acids is 13. The normalized spacial score (nSPS) is 25.8. The number of carbonyl (C=O) groups is 13. The highest BCUT2D eigenvalue weighted by Crippen LogP contribution is 2.39. The SMILES string of the molecule is CC[C@@H]1NC(=O)[C@@H]2C([C@H](C)CCCCCOS(=O)(=O)c3ccc(C)cc3)ON2C(=O)[C@H](C(C)C)N(C)C(=O)[C@H](CC(C)C)CC(=O)[C@H](CC(C)C)N(C)C(=O)[C@@H](C)NC(=O)[C@H](C)CC(=O)[C@H](CC(C)C)N(C)C(=O)[C@H](C(C)C)CC(=O)[C@H](C(C)(C)CN(C)C(=O)[C@@H](CC(=O)OC)C(C)C)CC(=O)[C@@H](C)CC1=O. The van der Waals surface area contributed by atoms with E-state index in [1.165, 1.54) is 73.8 Å². The van der Waals surface area contributed by atoms with Gasteiger partial charge in [0.2, 0.25) is 35.4 Å². The van der Waals surface area contributed by atoms with Crippen molar-refractivity contribution in [2.24, 2.45) is 82.3 Å². The molecule has 0 saturated carbocycles. The number of ether oxygens (including phenoxy) is 1. The zero-order valence-corrected chi connectivity index (χ0v) is 70.0. The fourth-order valence-electron chi connectivity index (χ4n) is 14.8. The molecular weight excluding hydrogens is 1390 g/mol. The number of nitrogens with one attached hydrogen (secondary N) is 2. The lowest BCUT2D eigenvalue weighted by atomic mass is 9.70. The summed E-state index contributed by atoms with van der Waals surface area (Å²) >= 11 is 0. The van der Waals surface area contributed by atoms with Crippen molar-refractivity contribution in [3.63, 3.8) is 0 Å². The lowest BCUT2D eigenvalue weighted by molar-refractivity contribution is -0.322. The number of hydrogen-bond acceptors (Lipinski definition) is 18. The second kappa shape index (κ2) is 42.4. The van der Waals surface area contributed by atoms with Crippen molar-refractivity contribution < 1.29 is 84.5 Å². The Bertz CT molecular complexity index is 3350. The summed E-state index contributed by atoms with van der Waals surface area (Å²) in [7, 11) is 3.16. The van der Waals surface area contributed by atoms with Gasteiger partial charge in [0.25, 0.3) is 16.0 Å². The highest BCUT2D eigenvalue weighted by Gasteiger charge is 2.54. The number of Topliss-reactive ketones (excluding diaryl/α,β-unsaturated/α-hetero) is 5. The van der Waals surface area contributed by atoms with Crippen molar-refractivity contribution in [2.75, 3.05) is 48.5 Å². The van der Waals surface area contributed by atoms with Gasteiger partial charge in [0.1, 0.15) is 29.8 Å². The second-order valence-electron chi connectivity index (χ2n) is 33.8. The van der Waals surface area contributed by atoms with Crippen LogP contribution in [0, 0.1) is 89.3 Å². The van der Waals surface area contributed by atoms with Crippen LogP contribution >= 0.6 is 0 Å². The van der Waals surface area contributed by atoms with Crippen molar-refractivity contribution in [3.8, 4) is 0 Å². The van der Waals surface area contributed by atoms with Gasteiger partial charge in [0.05, 0.1) is 49.1 Å². The summed E-state index contributed by atoms with van der Waals surface area (Å²) in [5, 5.41) is 6.56. The second-order valence-corrected chi connectivity index (χ2v) is 35.4. The molecule has 606 valence electrons. The Kier molecular flexibility index (Phi) is 37.4. The summed E-state index contributed by atoms with van der Waals surface area (Å²) in [6.07, 6.45) is -0.612. The third kappa shape index (κ3) is 27.0. The van der Waals surface area contributed by atoms with Gasteiger partial charge in [-0.05, 0) is 111 Å². The van der Waals surface area contributed by atoms with Crippen LogP contribution < -0.4 is 10.6 Å². The molecule has 2 aliphatic rings. The van der Waals surface area contributed by atoms with Gasteiger partial charge in [-0.3, -0.25) is 71.3 Å². The van der Waals surface area contributed by atoms with Crippen molar-refractivity contribution in [3.05, 3.63) is 29.8 Å². The first-order chi connectivity index (χ1) is 49.6. The van der Waals surface area contributed by atoms with E-state index in [0.29, 0.717) is 25.7 Å². The number of benzene rings is 1. The van der Waals surface area contributed by atoms with Crippen LogP contribution in [0.15, 0.2) is 29.2 Å². The molecule has 1 aromatic rings. The quantitative estimate of drug-likeness (QED) is 0.0522. The van der Waals surface area contributed by atoms with Crippen LogP contribution in [0.3, 0.4) is 0 Å². The molecule has 7 amide bonds. The molecule has 0 radical (unpaired) electrons. The van der Waals surface area contributed by atoms with Crippen LogP contribution in [0.4, 0.5) is 0 Å². The zero-order chi connectivity index (χ0) is 81.8. The van der Waals surface area contributed by atoms with Gasteiger partial charge in [-0.1, -0.05) is 155 Å². The smallest absolute Gasteiger partial charge is 0.306 e. The summed E-state index contributed by atoms with van der Waals surface area (Å²) < 4.78 is 36.2. The van der Waals surface area contributed by atoms with E-state index < -0.39 is 207 Å². The molecule has 0 aromatic heterocycles.